The predicted molar refractivity (Wildman–Crippen MR) is 207 cm³/mol. The maximum atomic E-state index is 12.8. The van der Waals surface area contributed by atoms with E-state index in [1.54, 1.807) is 5.57 Å². The molecule has 19 atom stereocenters. The minimum Gasteiger partial charge on any atom is -0.467 e. The van der Waals surface area contributed by atoms with Crippen molar-refractivity contribution in [2.24, 2.45) is 50.2 Å². The van der Waals surface area contributed by atoms with E-state index in [1.807, 2.05) is 0 Å². The Morgan fingerprint density at radius 2 is 1.31 bits per heavy atom. The first-order valence-electron chi connectivity index (χ1n) is 21.5. The van der Waals surface area contributed by atoms with Crippen LogP contribution in [0.2, 0.25) is 0 Å². The number of hydrogen-bond acceptors (Lipinski definition) is 14. The lowest BCUT2D eigenvalue weighted by Gasteiger charge is -2.71. The maximum absolute atomic E-state index is 12.8. The predicted octanol–water partition coefficient (Wildman–Crippen LogP) is 3.15. The molecule has 7 aliphatic rings. The first-order chi connectivity index (χ1) is 27.1. The Labute approximate surface area is 342 Å². The first kappa shape index (κ1) is 44.3. The summed E-state index contributed by atoms with van der Waals surface area (Å²) in [7, 11) is 2.20. The topological polar surface area (TPSA) is 211 Å². The van der Waals surface area contributed by atoms with E-state index >= 15 is 0 Å². The zero-order chi connectivity index (χ0) is 42.5. The van der Waals surface area contributed by atoms with E-state index in [0.717, 1.165) is 65.6 Å². The summed E-state index contributed by atoms with van der Waals surface area (Å²) in [6.07, 6.45) is -5.24. The fraction of sp³-hybridized carbons (Fsp3) is 0.909. The lowest BCUT2D eigenvalue weighted by molar-refractivity contribution is -0.371. The van der Waals surface area contributed by atoms with Crippen molar-refractivity contribution in [1.82, 2.24) is 0 Å². The van der Waals surface area contributed by atoms with Gasteiger partial charge in [0.25, 0.3) is 0 Å². The molecule has 2 saturated heterocycles. The number of methoxy groups -OCH3 is 2. The SMILES string of the molecule is COC(=O)[C@H]1O[C@@H](O[C@H]2[C@@H](O[C@H]3CC[C@]4(C)[C@H]5CC=C6[C@@H]7C[C@@](C)(CO)CC[C@]7(C)CC[C@@]6(C)[C@]5(C)CC[C@H]4C3(C)C)O[C@H](C(=O)OC)[C@@H](O)[C@@H]2O)[C@H](O)[C@@H](O)[C@@H]1O. The highest BCUT2D eigenvalue weighted by molar-refractivity contribution is 5.76. The molecule has 2 heterocycles. The molecule has 14 nitrogen and oxygen atoms in total. The van der Waals surface area contributed by atoms with Crippen molar-refractivity contribution < 1.29 is 68.6 Å². The molecule has 0 radical (unpaired) electrons. The van der Waals surface area contributed by atoms with Crippen LogP contribution in [-0.4, -0.2) is 131 Å². The Morgan fingerprint density at radius 1 is 0.707 bits per heavy atom. The van der Waals surface area contributed by atoms with E-state index in [-0.39, 0.29) is 39.6 Å². The second-order valence-electron chi connectivity index (χ2n) is 21.1. The number of rotatable bonds is 7. The first-order valence-corrected chi connectivity index (χ1v) is 21.5. The molecule has 14 heteroatoms. The molecular weight excluding hydrogens is 752 g/mol. The summed E-state index contributed by atoms with van der Waals surface area (Å²) in [6.45, 7) is 16.9. The number of ether oxygens (including phenoxy) is 6. The summed E-state index contributed by atoms with van der Waals surface area (Å²) in [4.78, 5) is 25.2. The molecule has 58 heavy (non-hydrogen) atoms. The van der Waals surface area contributed by atoms with Crippen LogP contribution in [0.15, 0.2) is 11.6 Å². The highest BCUT2D eigenvalue weighted by Crippen LogP contribution is 2.76. The smallest absolute Gasteiger partial charge is 0.337 e. The fourth-order valence-corrected chi connectivity index (χ4v) is 13.8. The Hall–Kier alpha value is -1.72. The number of hydrogen-bond donors (Lipinski definition) is 6. The molecule has 7 rings (SSSR count). The molecule has 0 amide bonds. The van der Waals surface area contributed by atoms with E-state index in [9.17, 15) is 40.2 Å². The average Bonchev–Trinajstić information content (AvgIpc) is 3.18. The van der Waals surface area contributed by atoms with Gasteiger partial charge in [-0.25, -0.2) is 9.59 Å². The van der Waals surface area contributed by atoms with Crippen LogP contribution in [0.1, 0.15) is 113 Å². The van der Waals surface area contributed by atoms with Gasteiger partial charge in [0.05, 0.1) is 20.3 Å². The van der Waals surface area contributed by atoms with Crippen molar-refractivity contribution in [1.29, 1.82) is 0 Å². The van der Waals surface area contributed by atoms with Crippen molar-refractivity contribution in [3.05, 3.63) is 11.6 Å². The summed E-state index contributed by atoms with van der Waals surface area (Å²) in [5.41, 5.74) is 1.47. The second-order valence-corrected chi connectivity index (χ2v) is 21.1. The van der Waals surface area contributed by atoms with Gasteiger partial charge in [-0.05, 0) is 114 Å². The van der Waals surface area contributed by atoms with Crippen LogP contribution in [0.5, 0.6) is 0 Å². The number of fused-ring (bicyclic) bond motifs is 7. The summed E-state index contributed by atoms with van der Waals surface area (Å²) >= 11 is 0. The van der Waals surface area contributed by atoms with Crippen LogP contribution in [0.4, 0.5) is 0 Å². The summed E-state index contributed by atoms with van der Waals surface area (Å²) in [5.74, 6) is -0.848. The van der Waals surface area contributed by atoms with Crippen LogP contribution >= 0.6 is 0 Å². The van der Waals surface area contributed by atoms with Crippen LogP contribution in [0.25, 0.3) is 0 Å². The molecule has 5 aliphatic carbocycles. The average molecular weight is 823 g/mol. The van der Waals surface area contributed by atoms with Crippen LogP contribution in [0, 0.1) is 50.2 Å². The van der Waals surface area contributed by atoms with Gasteiger partial charge in [-0.3, -0.25) is 0 Å². The molecule has 0 spiro atoms. The van der Waals surface area contributed by atoms with Gasteiger partial charge in [-0.2, -0.15) is 0 Å². The molecule has 0 aromatic heterocycles. The van der Waals surface area contributed by atoms with Gasteiger partial charge in [0, 0.05) is 6.61 Å². The standard InChI is InChI=1S/C44H70O14/c1-39(2)24-12-15-44(7)25(11-10-22-23-20-40(3,21-45)16-17-41(23,4)18-19-43(22,44)6)42(24,5)14-13-26(39)55-38-34(30(49)29(48)33(57-38)36(52)54-9)58-37-31(50)27(46)28(47)32(56-37)35(51)53-8/h10,23-34,37-38,45-50H,11-21H2,1-9H3/t23-,24-,25+,26-,27-,28-,29-,30-,31+,32-,33-,34+,37-,38-,40-,41+,42-,43+,44+/m0/s1. The van der Waals surface area contributed by atoms with Gasteiger partial charge in [0.2, 0.25) is 0 Å². The second kappa shape index (κ2) is 15.3. The number of esters is 2. The third kappa shape index (κ3) is 6.64. The quantitative estimate of drug-likeness (QED) is 0.124. The Bertz CT molecular complexity index is 1600. The molecule has 2 aliphatic heterocycles. The van der Waals surface area contributed by atoms with Gasteiger partial charge in [0.15, 0.2) is 24.8 Å². The van der Waals surface area contributed by atoms with Gasteiger partial charge in [-0.15, -0.1) is 0 Å². The zero-order valence-corrected chi connectivity index (χ0v) is 35.9. The van der Waals surface area contributed by atoms with Crippen molar-refractivity contribution >= 4 is 11.9 Å². The number of aliphatic hydroxyl groups excluding tert-OH is 6. The van der Waals surface area contributed by atoms with E-state index in [4.69, 9.17) is 28.4 Å². The van der Waals surface area contributed by atoms with Crippen LogP contribution in [-0.2, 0) is 38.0 Å². The van der Waals surface area contributed by atoms with E-state index < -0.39 is 84.9 Å². The molecular formula is C44H70O14. The molecule has 330 valence electrons. The Kier molecular flexibility index (Phi) is 11.7. The third-order valence-corrected chi connectivity index (χ3v) is 17.8. The van der Waals surface area contributed by atoms with Crippen LogP contribution < -0.4 is 0 Å². The van der Waals surface area contributed by atoms with Crippen molar-refractivity contribution in [3.8, 4) is 0 Å². The zero-order valence-electron chi connectivity index (χ0n) is 35.9. The highest BCUT2D eigenvalue weighted by atomic mass is 16.8. The highest BCUT2D eigenvalue weighted by Gasteiger charge is 2.68. The fourth-order valence-electron chi connectivity index (χ4n) is 13.8. The molecule has 0 unspecified atom stereocenters. The molecule has 0 aromatic rings. The summed E-state index contributed by atoms with van der Waals surface area (Å²) in [5, 5.41) is 64.9. The summed E-state index contributed by atoms with van der Waals surface area (Å²) in [6, 6.07) is 0. The molecule has 6 fully saturated rings. The van der Waals surface area contributed by atoms with E-state index in [2.05, 4.69) is 54.5 Å². The largest absolute Gasteiger partial charge is 0.467 e. The normalized spacial score (nSPS) is 52.5. The van der Waals surface area contributed by atoms with Gasteiger partial charge < -0.3 is 59.1 Å². The number of aliphatic hydroxyl groups is 6. The Balaban J connectivity index is 1.15. The van der Waals surface area contributed by atoms with Crippen molar-refractivity contribution in [3.63, 3.8) is 0 Å². The van der Waals surface area contributed by atoms with Crippen LogP contribution in [0.3, 0.4) is 0 Å². The van der Waals surface area contributed by atoms with E-state index in [0.29, 0.717) is 18.3 Å². The number of carbonyl (C=O) groups is 2. The molecule has 6 N–H and O–H groups in total. The van der Waals surface area contributed by atoms with Gasteiger partial charge >= 0.3 is 11.9 Å². The Morgan fingerprint density at radius 3 is 1.93 bits per heavy atom. The maximum Gasteiger partial charge on any atom is 0.337 e. The third-order valence-electron chi connectivity index (χ3n) is 17.8. The molecule has 0 bridgehead atoms. The van der Waals surface area contributed by atoms with Gasteiger partial charge in [0.1, 0.15) is 36.6 Å². The lowest BCUT2D eigenvalue weighted by Crippen LogP contribution is -2.67. The van der Waals surface area contributed by atoms with Crippen molar-refractivity contribution in [2.75, 3.05) is 20.8 Å². The summed E-state index contributed by atoms with van der Waals surface area (Å²) < 4.78 is 34.0. The molecule has 4 saturated carbocycles. The van der Waals surface area contributed by atoms with Crippen molar-refractivity contribution in [2.45, 2.75) is 180 Å². The monoisotopic (exact) mass is 822 g/mol. The minimum absolute atomic E-state index is 0.0399. The molecule has 0 aromatic carbocycles. The van der Waals surface area contributed by atoms with E-state index in [1.165, 1.54) is 6.42 Å². The minimum atomic E-state index is -1.89. The lowest BCUT2D eigenvalue weighted by atomic mass is 9.33. The number of carbonyl (C=O) groups excluding carboxylic acids is 2. The van der Waals surface area contributed by atoms with Gasteiger partial charge in [-0.1, -0.05) is 60.1 Å². The number of allylic oxidation sites excluding steroid dienone is 2.